The zero-order valence-corrected chi connectivity index (χ0v) is 23.9. The van der Waals surface area contributed by atoms with E-state index in [2.05, 4.69) is 67.8 Å². The van der Waals surface area contributed by atoms with E-state index in [1.54, 1.807) is 0 Å². The lowest BCUT2D eigenvalue weighted by Crippen LogP contribution is -2.35. The summed E-state index contributed by atoms with van der Waals surface area (Å²) in [4.78, 5) is 26.9. The molecule has 210 valence electrons. The second-order valence-corrected chi connectivity index (χ2v) is 11.1. The van der Waals surface area contributed by atoms with Gasteiger partial charge in [0.25, 0.3) is 0 Å². The molecular formula is C32H37N9. The van der Waals surface area contributed by atoms with E-state index in [1.807, 2.05) is 26.5 Å². The van der Waals surface area contributed by atoms with Gasteiger partial charge in [-0.25, -0.2) is 9.98 Å². The lowest BCUT2D eigenvalue weighted by Gasteiger charge is -2.34. The second kappa shape index (κ2) is 10.9. The SMILES string of the molecule is CNc1cc(N2CCCCC2)cnc1C1=CC2=CC=CC3=CC(c4ncc(N5CCCCC5)cc4NC)=NC(=N1)N23. The molecule has 0 bridgehead atoms. The summed E-state index contributed by atoms with van der Waals surface area (Å²) in [5.74, 6) is 0.624. The van der Waals surface area contributed by atoms with Gasteiger partial charge in [0, 0.05) is 40.3 Å². The molecule has 0 amide bonds. The Morgan fingerprint density at radius 1 is 0.683 bits per heavy atom. The normalized spacial score (nSPS) is 20.0. The summed E-state index contributed by atoms with van der Waals surface area (Å²) in [6.45, 7) is 4.32. The van der Waals surface area contributed by atoms with Gasteiger partial charge in [0.15, 0.2) is 0 Å². The van der Waals surface area contributed by atoms with Crippen LogP contribution in [0.25, 0.3) is 5.70 Å². The molecule has 2 fully saturated rings. The van der Waals surface area contributed by atoms with Crippen molar-refractivity contribution in [1.82, 2.24) is 14.9 Å². The first-order valence-electron chi connectivity index (χ1n) is 14.9. The van der Waals surface area contributed by atoms with E-state index in [4.69, 9.17) is 20.0 Å². The van der Waals surface area contributed by atoms with Gasteiger partial charge in [0.1, 0.15) is 11.4 Å². The molecule has 2 aromatic heterocycles. The van der Waals surface area contributed by atoms with Crippen molar-refractivity contribution >= 4 is 40.1 Å². The summed E-state index contributed by atoms with van der Waals surface area (Å²) in [5.41, 5.74) is 9.51. The molecule has 0 spiro atoms. The number of pyridine rings is 2. The highest BCUT2D eigenvalue weighted by Crippen LogP contribution is 2.36. The number of guanidine groups is 1. The summed E-state index contributed by atoms with van der Waals surface area (Å²) < 4.78 is 0. The van der Waals surface area contributed by atoms with Crippen molar-refractivity contribution in [2.24, 2.45) is 9.98 Å². The highest BCUT2D eigenvalue weighted by Gasteiger charge is 2.30. The predicted octanol–water partition coefficient (Wildman–Crippen LogP) is 5.39. The van der Waals surface area contributed by atoms with Crippen LogP contribution in [0.5, 0.6) is 0 Å². The van der Waals surface area contributed by atoms with Crippen LogP contribution in [0.3, 0.4) is 0 Å². The predicted molar refractivity (Wildman–Crippen MR) is 169 cm³/mol. The number of hydrogen-bond acceptors (Lipinski definition) is 9. The number of anilines is 4. The summed E-state index contributed by atoms with van der Waals surface area (Å²) in [7, 11) is 3.89. The topological polar surface area (TPSA) is 84.3 Å². The number of aliphatic imine (C=N–C) groups is 2. The van der Waals surface area contributed by atoms with Crippen molar-refractivity contribution in [3.63, 3.8) is 0 Å². The Kier molecular flexibility index (Phi) is 6.78. The Balaban J connectivity index is 1.25. The maximum atomic E-state index is 5.06. The summed E-state index contributed by atoms with van der Waals surface area (Å²) in [5, 5.41) is 6.73. The quantitative estimate of drug-likeness (QED) is 0.501. The van der Waals surface area contributed by atoms with Crippen LogP contribution in [0.1, 0.15) is 49.9 Å². The monoisotopic (exact) mass is 547 g/mol. The molecule has 2 saturated heterocycles. The average molecular weight is 548 g/mol. The van der Waals surface area contributed by atoms with E-state index in [9.17, 15) is 0 Å². The number of rotatable bonds is 6. The van der Waals surface area contributed by atoms with E-state index in [0.717, 1.165) is 83.1 Å². The maximum absolute atomic E-state index is 5.06. The van der Waals surface area contributed by atoms with Crippen LogP contribution in [0.4, 0.5) is 22.7 Å². The Bertz CT molecular complexity index is 1460. The molecule has 5 aliphatic rings. The lowest BCUT2D eigenvalue weighted by molar-refractivity contribution is 0.577. The highest BCUT2D eigenvalue weighted by molar-refractivity contribution is 6.18. The van der Waals surface area contributed by atoms with Crippen molar-refractivity contribution in [3.8, 4) is 0 Å². The third-order valence-corrected chi connectivity index (χ3v) is 8.47. The molecule has 7 heterocycles. The van der Waals surface area contributed by atoms with Gasteiger partial charge in [-0.05, 0) is 75.0 Å². The third kappa shape index (κ3) is 4.79. The van der Waals surface area contributed by atoms with Crippen molar-refractivity contribution in [2.75, 3.05) is 60.7 Å². The fourth-order valence-electron chi connectivity index (χ4n) is 6.27. The van der Waals surface area contributed by atoms with Crippen molar-refractivity contribution in [3.05, 3.63) is 77.7 Å². The zero-order chi connectivity index (χ0) is 27.8. The lowest BCUT2D eigenvalue weighted by atomic mass is 10.0. The van der Waals surface area contributed by atoms with Gasteiger partial charge in [0.05, 0.1) is 57.9 Å². The van der Waals surface area contributed by atoms with Gasteiger partial charge in [-0.2, -0.15) is 0 Å². The van der Waals surface area contributed by atoms with Gasteiger partial charge in [-0.15, -0.1) is 0 Å². The van der Waals surface area contributed by atoms with Crippen LogP contribution in [0, 0.1) is 0 Å². The van der Waals surface area contributed by atoms with E-state index >= 15 is 0 Å². The van der Waals surface area contributed by atoms with Crippen molar-refractivity contribution in [1.29, 1.82) is 0 Å². The number of nitrogens with one attached hydrogen (secondary N) is 2. The number of allylic oxidation sites excluding steroid dienone is 5. The smallest absolute Gasteiger partial charge is 0.235 e. The minimum atomic E-state index is 0.624. The molecule has 0 aromatic carbocycles. The van der Waals surface area contributed by atoms with E-state index in [1.165, 1.54) is 38.5 Å². The van der Waals surface area contributed by atoms with Gasteiger partial charge < -0.3 is 20.4 Å². The molecule has 9 heteroatoms. The molecule has 7 rings (SSSR count). The molecule has 0 aliphatic carbocycles. The fraction of sp³-hybridized carbons (Fsp3) is 0.375. The van der Waals surface area contributed by atoms with E-state index < -0.39 is 0 Å². The summed E-state index contributed by atoms with van der Waals surface area (Å²) >= 11 is 0. The van der Waals surface area contributed by atoms with Gasteiger partial charge in [-0.3, -0.25) is 14.9 Å². The maximum Gasteiger partial charge on any atom is 0.235 e. The van der Waals surface area contributed by atoms with Crippen molar-refractivity contribution < 1.29 is 0 Å². The molecule has 2 N–H and O–H groups in total. The third-order valence-electron chi connectivity index (χ3n) is 8.47. The molecule has 0 saturated carbocycles. The number of nitrogens with zero attached hydrogens (tertiary/aromatic N) is 7. The molecule has 9 nitrogen and oxygen atoms in total. The van der Waals surface area contributed by atoms with Crippen LogP contribution < -0.4 is 20.4 Å². The van der Waals surface area contributed by atoms with Crippen molar-refractivity contribution in [2.45, 2.75) is 38.5 Å². The number of piperidine rings is 2. The van der Waals surface area contributed by atoms with E-state index in [0.29, 0.717) is 5.96 Å². The van der Waals surface area contributed by atoms with Gasteiger partial charge in [0.2, 0.25) is 5.96 Å². The molecule has 0 unspecified atom stereocenters. The van der Waals surface area contributed by atoms with Crippen LogP contribution in [-0.4, -0.2) is 66.8 Å². The zero-order valence-electron chi connectivity index (χ0n) is 23.9. The molecule has 5 aliphatic heterocycles. The Morgan fingerprint density at radius 2 is 1.29 bits per heavy atom. The summed E-state index contributed by atoms with van der Waals surface area (Å²) in [6, 6.07) is 4.40. The van der Waals surface area contributed by atoms with Crippen LogP contribution >= 0.6 is 0 Å². The van der Waals surface area contributed by atoms with Gasteiger partial charge >= 0.3 is 0 Å². The molecule has 0 atom stereocenters. The van der Waals surface area contributed by atoms with Crippen LogP contribution in [-0.2, 0) is 0 Å². The highest BCUT2D eigenvalue weighted by atomic mass is 15.3. The first-order chi connectivity index (χ1) is 20.2. The Hall–Kier alpha value is -4.40. The number of aromatic nitrogens is 2. The largest absolute Gasteiger partial charge is 0.386 e. The Labute approximate surface area is 241 Å². The Morgan fingerprint density at radius 3 is 1.93 bits per heavy atom. The average Bonchev–Trinajstić information content (AvgIpc) is 3.05. The molecule has 2 aromatic rings. The first-order valence-corrected chi connectivity index (χ1v) is 14.9. The van der Waals surface area contributed by atoms with Crippen LogP contribution in [0.15, 0.2) is 76.3 Å². The van der Waals surface area contributed by atoms with Crippen LogP contribution in [0.2, 0.25) is 0 Å². The minimum Gasteiger partial charge on any atom is -0.386 e. The number of hydrogen-bond donors (Lipinski definition) is 2. The minimum absolute atomic E-state index is 0.624. The van der Waals surface area contributed by atoms with E-state index in [-0.39, 0.29) is 0 Å². The molecular weight excluding hydrogens is 510 g/mol. The summed E-state index contributed by atoms with van der Waals surface area (Å²) in [6.07, 6.45) is 22.0. The molecule has 0 radical (unpaired) electrons. The second-order valence-electron chi connectivity index (χ2n) is 11.1. The fourth-order valence-corrected chi connectivity index (χ4v) is 6.27. The van der Waals surface area contributed by atoms with Gasteiger partial charge in [-0.1, -0.05) is 6.08 Å². The standard InChI is InChI=1S/C32H37N9/c1-33-26-18-24(39-12-5-3-6-13-39)20-35-30(26)28-16-22-10-9-11-23-17-29(38-32(37-28)41(22)23)31-27(34-2)19-25(21-36-31)40-14-7-4-8-15-40/h9-11,16-21,33-34H,3-8,12-15H2,1-2H3. The molecule has 41 heavy (non-hydrogen) atoms. The first kappa shape index (κ1) is 25.6.